The van der Waals surface area contributed by atoms with Gasteiger partial charge in [0.15, 0.2) is 0 Å². The van der Waals surface area contributed by atoms with Crippen molar-refractivity contribution in [1.82, 2.24) is 14.7 Å². The Kier molecular flexibility index (Phi) is 5.32. The van der Waals surface area contributed by atoms with Crippen LogP contribution < -0.4 is 11.1 Å². The van der Waals surface area contributed by atoms with Crippen LogP contribution in [0.2, 0.25) is 0 Å². The zero-order valence-electron chi connectivity index (χ0n) is 11.1. The second-order valence-corrected chi connectivity index (χ2v) is 3.61. The average Bonchev–Trinajstić information content (AvgIpc) is 2.84. The fourth-order valence-corrected chi connectivity index (χ4v) is 1.58. The fraction of sp³-hybridized carbons (Fsp3) is 0.385. The molecule has 0 atom stereocenters. The lowest BCUT2D eigenvalue weighted by Gasteiger charge is -2.07. The molecule has 0 radical (unpaired) electrons. The van der Waals surface area contributed by atoms with Crippen molar-refractivity contribution in [3.05, 3.63) is 35.8 Å². The summed E-state index contributed by atoms with van der Waals surface area (Å²) in [6.07, 6.45) is 5.30. The van der Waals surface area contributed by atoms with Gasteiger partial charge in [-0.3, -0.25) is 4.79 Å². The van der Waals surface area contributed by atoms with Gasteiger partial charge in [-0.25, -0.2) is 4.98 Å². The van der Waals surface area contributed by atoms with E-state index in [1.54, 1.807) is 12.4 Å². The van der Waals surface area contributed by atoms with Crippen molar-refractivity contribution in [1.29, 1.82) is 0 Å². The predicted molar refractivity (Wildman–Crippen MR) is 72.7 cm³/mol. The number of rotatable bonds is 3. The Bertz CT molecular complexity index is 519. The molecule has 0 aliphatic heterocycles. The third-order valence-electron chi connectivity index (χ3n) is 2.41. The number of imidazole rings is 1. The number of hydrogen-bond donors (Lipinski definition) is 2. The van der Waals surface area contributed by atoms with Crippen molar-refractivity contribution in [3.63, 3.8) is 0 Å². The summed E-state index contributed by atoms with van der Waals surface area (Å²) in [5, 5.41) is 2.75. The summed E-state index contributed by atoms with van der Waals surface area (Å²) < 4.78 is 1.82. The molecule has 0 bridgehead atoms. The van der Waals surface area contributed by atoms with E-state index < -0.39 is 0 Å². The fourth-order valence-electron chi connectivity index (χ4n) is 1.58. The van der Waals surface area contributed by atoms with Crippen molar-refractivity contribution in [2.75, 3.05) is 13.1 Å². The molecule has 18 heavy (non-hydrogen) atoms. The molecule has 0 aliphatic carbocycles. The highest BCUT2D eigenvalue weighted by Crippen LogP contribution is 2.11. The van der Waals surface area contributed by atoms with E-state index >= 15 is 0 Å². The Morgan fingerprint density at radius 1 is 1.50 bits per heavy atom. The molecule has 3 N–H and O–H groups in total. The van der Waals surface area contributed by atoms with Crippen LogP contribution in [0, 0.1) is 6.92 Å². The zero-order valence-corrected chi connectivity index (χ0v) is 11.1. The first-order chi connectivity index (χ1) is 8.72. The van der Waals surface area contributed by atoms with Gasteiger partial charge in [0.1, 0.15) is 5.65 Å². The number of carbonyl (C=O) groups excluding carboxylic acids is 1. The molecule has 2 heterocycles. The number of fused-ring (bicyclic) bond motifs is 1. The molecular weight excluding hydrogens is 228 g/mol. The highest BCUT2D eigenvalue weighted by atomic mass is 16.1. The van der Waals surface area contributed by atoms with E-state index in [9.17, 15) is 4.79 Å². The minimum Gasteiger partial charge on any atom is -0.351 e. The molecule has 5 nitrogen and oxygen atoms in total. The second-order valence-electron chi connectivity index (χ2n) is 3.61. The Morgan fingerprint density at radius 2 is 2.22 bits per heavy atom. The molecule has 0 saturated carbocycles. The summed E-state index contributed by atoms with van der Waals surface area (Å²) in [5.41, 5.74) is 7.74. The first-order valence-corrected chi connectivity index (χ1v) is 6.14. The maximum absolute atomic E-state index is 11.8. The van der Waals surface area contributed by atoms with Crippen molar-refractivity contribution in [2.45, 2.75) is 20.8 Å². The molecule has 0 aliphatic rings. The molecule has 0 aromatic carbocycles. The van der Waals surface area contributed by atoms with Gasteiger partial charge in [0.2, 0.25) is 0 Å². The molecule has 2 rings (SSSR count). The molecule has 5 heteroatoms. The van der Waals surface area contributed by atoms with Gasteiger partial charge in [-0.05, 0) is 18.6 Å². The van der Waals surface area contributed by atoms with Crippen molar-refractivity contribution >= 4 is 11.6 Å². The Hall–Kier alpha value is -1.88. The molecular formula is C13H20N4O. The van der Waals surface area contributed by atoms with E-state index in [0.29, 0.717) is 18.7 Å². The topological polar surface area (TPSA) is 72.4 Å². The summed E-state index contributed by atoms with van der Waals surface area (Å²) in [4.78, 5) is 15.9. The quantitative estimate of drug-likeness (QED) is 0.861. The monoisotopic (exact) mass is 248 g/mol. The molecule has 1 amide bonds. The number of pyridine rings is 1. The molecule has 2 aromatic rings. The van der Waals surface area contributed by atoms with Crippen LogP contribution in [0.15, 0.2) is 24.7 Å². The van der Waals surface area contributed by atoms with E-state index in [1.807, 2.05) is 37.4 Å². The number of aromatic nitrogens is 2. The van der Waals surface area contributed by atoms with Crippen LogP contribution in [0.1, 0.15) is 29.8 Å². The van der Waals surface area contributed by atoms with Gasteiger partial charge in [0.05, 0.1) is 5.56 Å². The number of nitrogens with one attached hydrogen (secondary N) is 1. The zero-order chi connectivity index (χ0) is 13.5. The minimum absolute atomic E-state index is 0.0986. The molecule has 98 valence electrons. The largest absolute Gasteiger partial charge is 0.351 e. The molecule has 0 fully saturated rings. The van der Waals surface area contributed by atoms with Crippen LogP contribution in [-0.4, -0.2) is 28.4 Å². The summed E-state index contributed by atoms with van der Waals surface area (Å²) in [7, 11) is 0. The van der Waals surface area contributed by atoms with Gasteiger partial charge < -0.3 is 15.5 Å². The van der Waals surface area contributed by atoms with Crippen LogP contribution in [0.5, 0.6) is 0 Å². The number of nitrogens with two attached hydrogens (primary N) is 1. The van der Waals surface area contributed by atoms with Gasteiger partial charge in [-0.1, -0.05) is 13.8 Å². The normalized spacial score (nSPS) is 9.78. The second kappa shape index (κ2) is 6.76. The molecule has 0 saturated heterocycles. The standard InChI is InChI=1S/C11H14N4O.C2H6/c1-8-6-10-13-4-5-15(10)7-9(8)11(16)14-3-2-12;1-2/h4-7H,2-3,12H2,1H3,(H,14,16);1-2H3. The summed E-state index contributed by atoms with van der Waals surface area (Å²) in [5.74, 6) is -0.0986. The van der Waals surface area contributed by atoms with Crippen LogP contribution in [-0.2, 0) is 0 Å². The van der Waals surface area contributed by atoms with Gasteiger partial charge >= 0.3 is 0 Å². The Morgan fingerprint density at radius 3 is 2.89 bits per heavy atom. The number of carbonyl (C=O) groups is 1. The van der Waals surface area contributed by atoms with Gasteiger partial charge in [0, 0.05) is 31.7 Å². The average molecular weight is 248 g/mol. The Labute approximate surface area is 107 Å². The van der Waals surface area contributed by atoms with E-state index in [0.717, 1.165) is 11.2 Å². The van der Waals surface area contributed by atoms with Crippen molar-refractivity contribution < 1.29 is 4.79 Å². The Balaban J connectivity index is 0.000000771. The predicted octanol–water partition coefficient (Wildman–Crippen LogP) is 1.36. The third-order valence-corrected chi connectivity index (χ3v) is 2.41. The third kappa shape index (κ3) is 3.07. The lowest BCUT2D eigenvalue weighted by atomic mass is 10.1. The van der Waals surface area contributed by atoms with E-state index in [4.69, 9.17) is 5.73 Å². The lowest BCUT2D eigenvalue weighted by molar-refractivity contribution is 0.0953. The minimum atomic E-state index is -0.0986. The first kappa shape index (κ1) is 14.2. The summed E-state index contributed by atoms with van der Waals surface area (Å²) in [6.45, 7) is 6.82. The van der Waals surface area contributed by atoms with Crippen molar-refractivity contribution in [3.8, 4) is 0 Å². The van der Waals surface area contributed by atoms with E-state index in [1.165, 1.54) is 0 Å². The molecule has 2 aromatic heterocycles. The van der Waals surface area contributed by atoms with Gasteiger partial charge in [-0.2, -0.15) is 0 Å². The lowest BCUT2D eigenvalue weighted by Crippen LogP contribution is -2.29. The van der Waals surface area contributed by atoms with Crippen LogP contribution in [0.3, 0.4) is 0 Å². The number of nitrogens with zero attached hydrogens (tertiary/aromatic N) is 2. The summed E-state index contributed by atoms with van der Waals surface area (Å²) >= 11 is 0. The highest BCUT2D eigenvalue weighted by molar-refractivity contribution is 5.95. The van der Waals surface area contributed by atoms with Crippen LogP contribution >= 0.6 is 0 Å². The number of aryl methyl sites for hydroxylation is 1. The molecule has 0 spiro atoms. The summed E-state index contributed by atoms with van der Waals surface area (Å²) in [6, 6.07) is 1.89. The van der Waals surface area contributed by atoms with Gasteiger partial charge in [0.25, 0.3) is 5.91 Å². The molecule has 0 unspecified atom stereocenters. The number of hydrogen-bond acceptors (Lipinski definition) is 3. The van der Waals surface area contributed by atoms with E-state index in [2.05, 4.69) is 10.3 Å². The maximum atomic E-state index is 11.8. The van der Waals surface area contributed by atoms with Crippen LogP contribution in [0.25, 0.3) is 5.65 Å². The smallest absolute Gasteiger partial charge is 0.253 e. The highest BCUT2D eigenvalue weighted by Gasteiger charge is 2.09. The van der Waals surface area contributed by atoms with Crippen molar-refractivity contribution in [2.24, 2.45) is 5.73 Å². The maximum Gasteiger partial charge on any atom is 0.253 e. The van der Waals surface area contributed by atoms with Gasteiger partial charge in [-0.15, -0.1) is 0 Å². The van der Waals surface area contributed by atoms with Crippen LogP contribution in [0.4, 0.5) is 0 Å². The van der Waals surface area contributed by atoms with E-state index in [-0.39, 0.29) is 5.91 Å². The SMILES string of the molecule is CC.Cc1cc2nccn2cc1C(=O)NCCN. The number of amides is 1. The first-order valence-electron chi connectivity index (χ1n) is 6.14.